The fraction of sp³-hybridized carbons (Fsp3) is 0.709. The molecule has 1 aromatic carbocycles. The first-order valence-electron chi connectivity index (χ1n) is 27.2. The number of hydrogen-bond donors (Lipinski definition) is 7. The Morgan fingerprint density at radius 3 is 2.03 bits per heavy atom. The second-order valence-electron chi connectivity index (χ2n) is 22.4. The van der Waals surface area contributed by atoms with E-state index in [2.05, 4.69) is 21.3 Å². The number of phenolic OH excluding ortho intramolecular Hbond substituents is 1. The van der Waals surface area contributed by atoms with Crippen molar-refractivity contribution in [3.8, 4) is 5.75 Å². The molecule has 0 radical (unpaired) electrons. The molecule has 0 aromatic heterocycles. The number of aliphatic hydroxyl groups is 2. The first kappa shape index (κ1) is 63.4. The van der Waals surface area contributed by atoms with Gasteiger partial charge in [-0.05, 0) is 101 Å². The maximum absolute atomic E-state index is 14.9. The second-order valence-corrected chi connectivity index (χ2v) is 22.4. The van der Waals surface area contributed by atoms with E-state index in [0.717, 1.165) is 0 Å². The van der Waals surface area contributed by atoms with Gasteiger partial charge >= 0.3 is 11.9 Å². The van der Waals surface area contributed by atoms with Crippen molar-refractivity contribution < 1.29 is 72.7 Å². The summed E-state index contributed by atoms with van der Waals surface area (Å²) in [6, 6.07) is -3.30. The number of rotatable bonds is 14. The zero-order valence-corrected chi connectivity index (χ0v) is 46.9. The molecule has 22 nitrogen and oxygen atoms in total. The van der Waals surface area contributed by atoms with E-state index in [4.69, 9.17) is 9.47 Å². The lowest BCUT2D eigenvalue weighted by Crippen LogP contribution is -2.62. The molecule has 22 heteroatoms. The van der Waals surface area contributed by atoms with Crippen LogP contribution in [0.4, 0.5) is 0 Å². The Hall–Kier alpha value is -6.16. The molecular weight excluding hydrogens is 999 g/mol. The van der Waals surface area contributed by atoms with Gasteiger partial charge in [0, 0.05) is 26.6 Å². The number of esters is 2. The van der Waals surface area contributed by atoms with Crippen LogP contribution in [0.1, 0.15) is 133 Å². The number of likely N-dealkylation sites (N-methyl/N-ethyl adjacent to an activating group) is 1. The van der Waals surface area contributed by atoms with Gasteiger partial charge in [0.15, 0.2) is 11.9 Å². The highest BCUT2D eigenvalue weighted by Gasteiger charge is 2.45. The van der Waals surface area contributed by atoms with Gasteiger partial charge in [0.05, 0.1) is 24.5 Å². The topological polar surface area (TPSA) is 308 Å². The van der Waals surface area contributed by atoms with E-state index in [1.54, 1.807) is 27.7 Å². The molecule has 3 heterocycles. The van der Waals surface area contributed by atoms with Gasteiger partial charge in [-0.1, -0.05) is 73.9 Å². The van der Waals surface area contributed by atoms with E-state index in [0.29, 0.717) is 24.8 Å². The molecule has 0 aliphatic carbocycles. The highest BCUT2D eigenvalue weighted by Crippen LogP contribution is 2.26. The van der Waals surface area contributed by atoms with E-state index in [-0.39, 0.29) is 62.8 Å². The van der Waals surface area contributed by atoms with Crippen LogP contribution in [0.15, 0.2) is 24.3 Å². The van der Waals surface area contributed by atoms with Gasteiger partial charge in [0.25, 0.3) is 5.91 Å². The SMILES string of the molecule is CC[C@H](C)[C@@H]1NC(=O)[C@@H](NC(=O)[C@@H](CC(C)C)N(C)C(=O)C2CCCN2C(=O)C(C)O)[C@@H](C)OC(=O)[C@H](Cc2ccc(O)cc2)NC(=O)[C@@H]2CCCN2C(=O)[C@H](CC(C)C)NC(=O)[C@@H](C)C(=O)[C@H](C(C)C)OC(=O)C[C@@H]1O. The predicted octanol–water partition coefficient (Wildman–Crippen LogP) is 1.67. The summed E-state index contributed by atoms with van der Waals surface area (Å²) < 4.78 is 11.7. The molecule has 4 rings (SSSR count). The van der Waals surface area contributed by atoms with Crippen LogP contribution in [0, 0.1) is 29.6 Å². The average Bonchev–Trinajstić information content (AvgIpc) is 4.07. The summed E-state index contributed by atoms with van der Waals surface area (Å²) in [5, 5.41) is 42.9. The smallest absolute Gasteiger partial charge is 0.329 e. The van der Waals surface area contributed by atoms with Gasteiger partial charge in [0.2, 0.25) is 35.4 Å². The highest BCUT2D eigenvalue weighted by molar-refractivity contribution is 6.05. The molecule has 0 bridgehead atoms. The Balaban J connectivity index is 1.85. The molecule has 0 spiro atoms. The van der Waals surface area contributed by atoms with Crippen LogP contribution in [0.5, 0.6) is 5.75 Å². The van der Waals surface area contributed by atoms with Crippen LogP contribution in [0.25, 0.3) is 0 Å². The number of nitrogens with one attached hydrogen (secondary N) is 4. The van der Waals surface area contributed by atoms with Crippen molar-refractivity contribution in [1.29, 1.82) is 0 Å². The second kappa shape index (κ2) is 28.5. The lowest BCUT2D eigenvalue weighted by molar-refractivity contribution is -0.162. The molecule has 0 saturated carbocycles. The Morgan fingerprint density at radius 1 is 0.818 bits per heavy atom. The number of likely N-dealkylation sites (tertiary alicyclic amines) is 1. The predicted molar refractivity (Wildman–Crippen MR) is 281 cm³/mol. The summed E-state index contributed by atoms with van der Waals surface area (Å²) in [7, 11) is 1.39. The molecule has 13 atom stereocenters. The zero-order chi connectivity index (χ0) is 57.7. The molecule has 3 saturated heterocycles. The van der Waals surface area contributed by atoms with Crippen LogP contribution < -0.4 is 21.3 Å². The van der Waals surface area contributed by atoms with Crippen molar-refractivity contribution >= 4 is 59.1 Å². The van der Waals surface area contributed by atoms with E-state index in [1.807, 2.05) is 27.7 Å². The number of aliphatic hydroxyl groups excluding tert-OH is 2. The minimum absolute atomic E-state index is 0.0620. The van der Waals surface area contributed by atoms with Crippen LogP contribution in [-0.2, 0) is 63.8 Å². The summed E-state index contributed by atoms with van der Waals surface area (Å²) >= 11 is 0. The fourth-order valence-corrected chi connectivity index (χ4v) is 10.1. The summed E-state index contributed by atoms with van der Waals surface area (Å²) in [6.07, 6.45) is -5.22. The van der Waals surface area contributed by atoms with Crippen LogP contribution >= 0.6 is 0 Å². The monoisotopic (exact) mass is 1080 g/mol. The molecule has 3 aliphatic rings. The van der Waals surface area contributed by atoms with Crippen molar-refractivity contribution in [3.05, 3.63) is 29.8 Å². The summed E-state index contributed by atoms with van der Waals surface area (Å²) in [5.41, 5.74) is 0.462. The van der Waals surface area contributed by atoms with Gasteiger partial charge in [-0.2, -0.15) is 0 Å². The first-order valence-corrected chi connectivity index (χ1v) is 27.2. The summed E-state index contributed by atoms with van der Waals surface area (Å²) in [4.78, 5) is 146. The lowest BCUT2D eigenvalue weighted by atomic mass is 9.91. The van der Waals surface area contributed by atoms with Crippen molar-refractivity contribution in [3.63, 3.8) is 0 Å². The molecule has 7 N–H and O–H groups in total. The minimum Gasteiger partial charge on any atom is -0.508 e. The van der Waals surface area contributed by atoms with Gasteiger partial charge in [-0.25, -0.2) is 4.79 Å². The maximum atomic E-state index is 14.9. The van der Waals surface area contributed by atoms with E-state index in [9.17, 15) is 63.3 Å². The Labute approximate surface area is 452 Å². The average molecular weight is 1080 g/mol. The Bertz CT molecular complexity index is 2270. The molecule has 3 aliphatic heterocycles. The zero-order valence-electron chi connectivity index (χ0n) is 46.9. The number of amides is 7. The first-order chi connectivity index (χ1) is 36.1. The quantitative estimate of drug-likeness (QED) is 0.103. The number of ketones is 1. The lowest BCUT2D eigenvalue weighted by Gasteiger charge is -2.36. The number of carbonyl (C=O) groups excluding carboxylic acids is 10. The molecule has 430 valence electrons. The Morgan fingerprint density at radius 2 is 1.44 bits per heavy atom. The largest absolute Gasteiger partial charge is 0.508 e. The number of aromatic hydroxyl groups is 1. The number of fused-ring (bicyclic) bond motifs is 1. The van der Waals surface area contributed by atoms with Crippen LogP contribution in [-0.4, -0.2) is 176 Å². The number of Topliss-reactive ketones (excluding diaryl/α,β-unsaturated/α-hetero) is 1. The van der Waals surface area contributed by atoms with Gasteiger partial charge < -0.3 is 60.8 Å². The van der Waals surface area contributed by atoms with Crippen LogP contribution in [0.3, 0.4) is 0 Å². The van der Waals surface area contributed by atoms with Crippen molar-refractivity contribution in [2.75, 3.05) is 20.1 Å². The van der Waals surface area contributed by atoms with Crippen molar-refractivity contribution in [2.45, 2.75) is 201 Å². The van der Waals surface area contributed by atoms with E-state index >= 15 is 0 Å². The van der Waals surface area contributed by atoms with Crippen molar-refractivity contribution in [1.82, 2.24) is 36.0 Å². The number of ether oxygens (including phenoxy) is 2. The minimum atomic E-state index is -1.78. The molecular formula is C55H85N7O15. The van der Waals surface area contributed by atoms with Gasteiger partial charge in [0.1, 0.15) is 54.2 Å². The Kier molecular flexibility index (Phi) is 23.4. The standard InChI is InChI=1S/C55H85N7O15/c1-13-31(8)44-42(65)27-43(66)77-47(30(6)7)46(67)32(9)48(68)56-37(24-28(2)3)53(73)61-22-14-16-39(61)49(69)57-38(26-35-18-20-36(64)21-19-35)55(75)76-34(11)45(51(71)58-44)59-50(70)41(25-29(4)5)60(12)54(74)40-17-15-23-62(40)52(72)33(10)63/h18-21,28-34,37-42,44-45,47,63-65H,13-17,22-27H2,1-12H3,(H,56,68)(H,57,69)(H,58,71)(H,59,70)/t31-,32-,33?,34+,37-,38-,39-,40?,41+,42-,44-,45-,47-/m0/s1. The maximum Gasteiger partial charge on any atom is 0.329 e. The van der Waals surface area contributed by atoms with Crippen LogP contribution in [0.2, 0.25) is 0 Å². The molecule has 1 aromatic rings. The third-order valence-corrected chi connectivity index (χ3v) is 14.8. The van der Waals surface area contributed by atoms with Crippen molar-refractivity contribution in [2.24, 2.45) is 29.6 Å². The normalized spacial score (nSPS) is 28.0. The summed E-state index contributed by atoms with van der Waals surface area (Å²) in [6.45, 7) is 18.2. The summed E-state index contributed by atoms with van der Waals surface area (Å²) in [5.74, 6) is -11.2. The number of cyclic esters (lactones) is 2. The molecule has 3 fully saturated rings. The number of hydrogen-bond acceptors (Lipinski definition) is 15. The third kappa shape index (κ3) is 16.9. The fourth-order valence-electron chi connectivity index (χ4n) is 10.1. The number of phenols is 1. The van der Waals surface area contributed by atoms with E-state index < -0.39 is 150 Å². The molecule has 2 unspecified atom stereocenters. The van der Waals surface area contributed by atoms with Gasteiger partial charge in [-0.3, -0.25) is 43.2 Å². The van der Waals surface area contributed by atoms with Gasteiger partial charge in [-0.15, -0.1) is 0 Å². The third-order valence-electron chi connectivity index (χ3n) is 14.8. The number of benzene rings is 1. The number of carbonyl (C=O) groups is 10. The highest BCUT2D eigenvalue weighted by atomic mass is 16.6. The number of nitrogens with zero attached hydrogens (tertiary/aromatic N) is 3. The molecule has 77 heavy (non-hydrogen) atoms. The van der Waals surface area contributed by atoms with E-state index in [1.165, 1.54) is 66.8 Å². The molecule has 7 amide bonds.